The second kappa shape index (κ2) is 5.50. The van der Waals surface area contributed by atoms with E-state index in [0.29, 0.717) is 18.5 Å². The molecular formula is C15H22N4O2. The van der Waals surface area contributed by atoms with Gasteiger partial charge in [-0.3, -0.25) is 14.3 Å². The fourth-order valence-electron chi connectivity index (χ4n) is 2.70. The Morgan fingerprint density at radius 3 is 2.86 bits per heavy atom. The molecule has 1 saturated heterocycles. The summed E-state index contributed by atoms with van der Waals surface area (Å²) in [7, 11) is 0. The third-order valence-corrected chi connectivity index (χ3v) is 4.38. The Kier molecular flexibility index (Phi) is 3.69. The minimum atomic E-state index is -0.317. The summed E-state index contributed by atoms with van der Waals surface area (Å²) in [5.41, 5.74) is 0.841. The number of hydrogen-bond donors (Lipinski definition) is 1. The summed E-state index contributed by atoms with van der Waals surface area (Å²) in [6.45, 7) is 4.78. The van der Waals surface area contributed by atoms with E-state index in [-0.39, 0.29) is 24.4 Å². The van der Waals surface area contributed by atoms with Crippen LogP contribution >= 0.6 is 0 Å². The molecular weight excluding hydrogens is 268 g/mol. The van der Waals surface area contributed by atoms with Crippen molar-refractivity contribution in [3.8, 4) is 0 Å². The minimum absolute atomic E-state index is 0.0372. The summed E-state index contributed by atoms with van der Waals surface area (Å²) in [5, 5.41) is 7.33. The maximum atomic E-state index is 12.4. The molecule has 114 valence electrons. The van der Waals surface area contributed by atoms with Gasteiger partial charge in [0.15, 0.2) is 0 Å². The standard InChI is InChI=1S/C15H22N4O2/c1-3-10(2)19-7-6-12(17-19)8-18-9-13(20)16-14(15(18)21)11-4-5-11/h6-7,10-11,14H,3-5,8-9H2,1-2H3,(H,16,20). The van der Waals surface area contributed by atoms with E-state index in [1.54, 1.807) is 4.90 Å². The van der Waals surface area contributed by atoms with E-state index in [4.69, 9.17) is 0 Å². The molecule has 1 aromatic rings. The second-order valence-electron chi connectivity index (χ2n) is 6.12. The van der Waals surface area contributed by atoms with E-state index in [9.17, 15) is 9.59 Å². The van der Waals surface area contributed by atoms with Crippen LogP contribution in [0.5, 0.6) is 0 Å². The van der Waals surface area contributed by atoms with E-state index in [1.165, 1.54) is 0 Å². The average Bonchev–Trinajstić information content (AvgIpc) is 3.21. The minimum Gasteiger partial charge on any atom is -0.342 e. The quantitative estimate of drug-likeness (QED) is 0.882. The first-order chi connectivity index (χ1) is 10.1. The monoisotopic (exact) mass is 290 g/mol. The summed E-state index contributed by atoms with van der Waals surface area (Å²) < 4.78 is 1.92. The molecule has 2 aliphatic rings. The van der Waals surface area contributed by atoms with Crippen LogP contribution in [0.1, 0.15) is 44.8 Å². The van der Waals surface area contributed by atoms with E-state index in [2.05, 4.69) is 24.3 Å². The maximum absolute atomic E-state index is 12.4. The number of amides is 2. The van der Waals surface area contributed by atoms with Gasteiger partial charge in [-0.2, -0.15) is 5.10 Å². The molecule has 1 aliphatic heterocycles. The highest BCUT2D eigenvalue weighted by molar-refractivity contribution is 5.95. The lowest BCUT2D eigenvalue weighted by Gasteiger charge is -2.32. The van der Waals surface area contributed by atoms with Gasteiger partial charge in [0, 0.05) is 12.2 Å². The molecule has 1 N–H and O–H groups in total. The second-order valence-corrected chi connectivity index (χ2v) is 6.12. The summed E-state index contributed by atoms with van der Waals surface area (Å²) in [6, 6.07) is 1.96. The Bertz CT molecular complexity index is 550. The molecule has 2 heterocycles. The predicted octanol–water partition coefficient (Wildman–Crippen LogP) is 1.09. The van der Waals surface area contributed by atoms with Gasteiger partial charge in [-0.1, -0.05) is 6.92 Å². The van der Waals surface area contributed by atoms with E-state index < -0.39 is 0 Å². The van der Waals surface area contributed by atoms with Gasteiger partial charge in [0.1, 0.15) is 12.6 Å². The lowest BCUT2D eigenvalue weighted by Crippen LogP contribution is -2.58. The summed E-state index contributed by atoms with van der Waals surface area (Å²) in [4.78, 5) is 25.8. The Morgan fingerprint density at radius 1 is 1.43 bits per heavy atom. The van der Waals surface area contributed by atoms with Gasteiger partial charge in [-0.25, -0.2) is 0 Å². The molecule has 3 rings (SSSR count). The van der Waals surface area contributed by atoms with Crippen LogP contribution in [-0.2, 0) is 16.1 Å². The van der Waals surface area contributed by atoms with Crippen LogP contribution < -0.4 is 5.32 Å². The van der Waals surface area contributed by atoms with Crippen LogP contribution in [0.4, 0.5) is 0 Å². The number of piperazine rings is 1. The first kappa shape index (κ1) is 14.1. The molecule has 0 spiro atoms. The largest absolute Gasteiger partial charge is 0.342 e. The number of carbonyl (C=O) groups is 2. The third-order valence-electron chi connectivity index (χ3n) is 4.38. The molecule has 0 radical (unpaired) electrons. The first-order valence-corrected chi connectivity index (χ1v) is 7.70. The van der Waals surface area contributed by atoms with Crippen molar-refractivity contribution in [1.29, 1.82) is 0 Å². The number of rotatable bonds is 5. The molecule has 2 atom stereocenters. The Labute approximate surface area is 124 Å². The Balaban J connectivity index is 1.69. The fraction of sp³-hybridized carbons (Fsp3) is 0.667. The van der Waals surface area contributed by atoms with Gasteiger partial charge in [-0.15, -0.1) is 0 Å². The summed E-state index contributed by atoms with van der Waals surface area (Å²) in [6.07, 6.45) is 5.02. The van der Waals surface area contributed by atoms with Crippen LogP contribution in [0, 0.1) is 5.92 Å². The third kappa shape index (κ3) is 2.94. The Hall–Kier alpha value is -1.85. The molecule has 2 unspecified atom stereocenters. The van der Waals surface area contributed by atoms with Gasteiger partial charge in [0.2, 0.25) is 11.8 Å². The van der Waals surface area contributed by atoms with Crippen molar-refractivity contribution in [3.63, 3.8) is 0 Å². The number of hydrogen-bond acceptors (Lipinski definition) is 3. The molecule has 21 heavy (non-hydrogen) atoms. The van der Waals surface area contributed by atoms with Gasteiger partial charge < -0.3 is 10.2 Å². The van der Waals surface area contributed by atoms with Crippen LogP contribution in [0.15, 0.2) is 12.3 Å². The van der Waals surface area contributed by atoms with Crippen molar-refractivity contribution in [1.82, 2.24) is 20.0 Å². The number of carbonyl (C=O) groups excluding carboxylic acids is 2. The zero-order valence-electron chi connectivity index (χ0n) is 12.6. The van der Waals surface area contributed by atoms with Crippen LogP contribution in [0.25, 0.3) is 0 Å². The van der Waals surface area contributed by atoms with Crippen LogP contribution in [-0.4, -0.2) is 39.1 Å². The van der Waals surface area contributed by atoms with Crippen LogP contribution in [0.2, 0.25) is 0 Å². The van der Waals surface area contributed by atoms with Crippen molar-refractivity contribution in [2.75, 3.05) is 6.54 Å². The highest BCUT2D eigenvalue weighted by Gasteiger charge is 2.42. The fourth-order valence-corrected chi connectivity index (χ4v) is 2.70. The van der Waals surface area contributed by atoms with Gasteiger partial charge >= 0.3 is 0 Å². The number of nitrogens with one attached hydrogen (secondary N) is 1. The SMILES string of the molecule is CCC(C)n1ccc(CN2CC(=O)NC(C3CC3)C2=O)n1. The first-order valence-electron chi connectivity index (χ1n) is 7.70. The Morgan fingerprint density at radius 2 is 2.19 bits per heavy atom. The highest BCUT2D eigenvalue weighted by Crippen LogP contribution is 2.34. The topological polar surface area (TPSA) is 67.2 Å². The molecule has 1 aromatic heterocycles. The smallest absolute Gasteiger partial charge is 0.246 e. The molecule has 2 amide bonds. The van der Waals surface area contributed by atoms with Crippen LogP contribution in [0.3, 0.4) is 0 Å². The van der Waals surface area contributed by atoms with Gasteiger partial charge in [0.05, 0.1) is 12.2 Å². The average molecular weight is 290 g/mol. The zero-order chi connectivity index (χ0) is 15.0. The van der Waals surface area contributed by atoms with E-state index in [0.717, 1.165) is 25.0 Å². The van der Waals surface area contributed by atoms with Crippen molar-refractivity contribution in [2.24, 2.45) is 5.92 Å². The zero-order valence-corrected chi connectivity index (χ0v) is 12.6. The number of nitrogens with zero attached hydrogens (tertiary/aromatic N) is 3. The maximum Gasteiger partial charge on any atom is 0.246 e. The summed E-state index contributed by atoms with van der Waals surface area (Å²) >= 11 is 0. The molecule has 1 aliphatic carbocycles. The molecule has 0 bridgehead atoms. The van der Waals surface area contributed by atoms with E-state index in [1.807, 2.05) is 16.9 Å². The van der Waals surface area contributed by atoms with Crippen molar-refractivity contribution in [3.05, 3.63) is 18.0 Å². The molecule has 0 aromatic carbocycles. The van der Waals surface area contributed by atoms with E-state index >= 15 is 0 Å². The van der Waals surface area contributed by atoms with Crippen molar-refractivity contribution < 1.29 is 9.59 Å². The molecule has 6 nitrogen and oxygen atoms in total. The lowest BCUT2D eigenvalue weighted by molar-refractivity contribution is -0.145. The van der Waals surface area contributed by atoms with Gasteiger partial charge in [0.25, 0.3) is 0 Å². The molecule has 2 fully saturated rings. The molecule has 1 saturated carbocycles. The van der Waals surface area contributed by atoms with Crippen molar-refractivity contribution in [2.45, 2.75) is 51.7 Å². The molecule has 6 heteroatoms. The van der Waals surface area contributed by atoms with Crippen molar-refractivity contribution >= 4 is 11.8 Å². The highest BCUT2D eigenvalue weighted by atomic mass is 16.2. The lowest BCUT2D eigenvalue weighted by atomic mass is 10.1. The van der Waals surface area contributed by atoms with Gasteiger partial charge in [-0.05, 0) is 38.2 Å². The predicted molar refractivity (Wildman–Crippen MR) is 77.3 cm³/mol. The summed E-state index contributed by atoms with van der Waals surface area (Å²) in [5.74, 6) is 0.310. The number of aromatic nitrogens is 2. The normalized spacial score (nSPS) is 24.1.